The van der Waals surface area contributed by atoms with Crippen LogP contribution in [0.3, 0.4) is 0 Å². The molecule has 0 saturated carbocycles. The average Bonchev–Trinajstić information content (AvgIpc) is 2.73. The molecule has 0 unspecified atom stereocenters. The molecule has 28 heavy (non-hydrogen) atoms. The Morgan fingerprint density at radius 3 is 2.43 bits per heavy atom. The molecule has 0 atom stereocenters. The fraction of sp³-hybridized carbons (Fsp3) is 0.286. The predicted molar refractivity (Wildman–Crippen MR) is 107 cm³/mol. The van der Waals surface area contributed by atoms with Gasteiger partial charge in [0.25, 0.3) is 11.8 Å². The number of carbonyl (C=O) groups is 3. The summed E-state index contributed by atoms with van der Waals surface area (Å²) < 4.78 is 0. The van der Waals surface area contributed by atoms with Crippen molar-refractivity contribution in [2.75, 3.05) is 24.5 Å². The van der Waals surface area contributed by atoms with Crippen LogP contribution in [0.15, 0.2) is 54.6 Å². The third-order valence-corrected chi connectivity index (χ3v) is 4.56. The number of nitrogens with one attached hydrogen (secondary N) is 3. The second kappa shape index (κ2) is 9.55. The zero-order chi connectivity index (χ0) is 19.8. The van der Waals surface area contributed by atoms with Gasteiger partial charge in [-0.1, -0.05) is 36.4 Å². The van der Waals surface area contributed by atoms with E-state index in [4.69, 9.17) is 0 Å². The molecule has 3 rings (SSSR count). The van der Waals surface area contributed by atoms with E-state index in [-0.39, 0.29) is 37.2 Å². The Balaban J connectivity index is 1.37. The molecule has 1 aliphatic heterocycles. The largest absolute Gasteiger partial charge is 0.362 e. The first kappa shape index (κ1) is 19.4. The fourth-order valence-corrected chi connectivity index (χ4v) is 3.17. The van der Waals surface area contributed by atoms with E-state index >= 15 is 0 Å². The lowest BCUT2D eigenvalue weighted by atomic mass is 10.0. The molecule has 7 heteroatoms. The molecule has 3 N–H and O–H groups in total. The van der Waals surface area contributed by atoms with Gasteiger partial charge in [0, 0.05) is 30.8 Å². The molecule has 3 amide bonds. The van der Waals surface area contributed by atoms with Crippen molar-refractivity contribution in [1.82, 2.24) is 16.2 Å². The van der Waals surface area contributed by atoms with E-state index in [2.05, 4.69) is 22.2 Å². The molecule has 0 bridgehead atoms. The van der Waals surface area contributed by atoms with Gasteiger partial charge >= 0.3 is 0 Å². The molecule has 2 aromatic rings. The molecule has 2 aromatic carbocycles. The van der Waals surface area contributed by atoms with Crippen LogP contribution in [0.1, 0.15) is 28.8 Å². The minimum absolute atomic E-state index is 0.0748. The van der Waals surface area contributed by atoms with E-state index in [0.717, 1.165) is 25.1 Å². The van der Waals surface area contributed by atoms with Crippen LogP contribution in [-0.2, 0) is 16.0 Å². The van der Waals surface area contributed by atoms with Gasteiger partial charge in [0.2, 0.25) is 5.91 Å². The SMILES string of the molecule is O=C(CCNC(=O)c1ccccc1)NNC(=O)CN1CCCc2ccccc21. The normalized spacial score (nSPS) is 12.6. The highest BCUT2D eigenvalue weighted by atomic mass is 16.2. The number of fused-ring (bicyclic) bond motifs is 1. The van der Waals surface area contributed by atoms with Crippen molar-refractivity contribution in [1.29, 1.82) is 0 Å². The van der Waals surface area contributed by atoms with Gasteiger partial charge in [-0.15, -0.1) is 0 Å². The summed E-state index contributed by atoms with van der Waals surface area (Å²) in [5, 5.41) is 2.67. The maximum atomic E-state index is 12.2. The van der Waals surface area contributed by atoms with Gasteiger partial charge in [0.15, 0.2) is 0 Å². The van der Waals surface area contributed by atoms with Crippen LogP contribution in [0.4, 0.5) is 5.69 Å². The van der Waals surface area contributed by atoms with Gasteiger partial charge in [-0.2, -0.15) is 0 Å². The van der Waals surface area contributed by atoms with E-state index in [1.165, 1.54) is 5.56 Å². The summed E-state index contributed by atoms with van der Waals surface area (Å²) in [5.74, 6) is -0.875. The molecular formula is C21H24N4O3. The summed E-state index contributed by atoms with van der Waals surface area (Å²) in [6.07, 6.45) is 2.09. The highest BCUT2D eigenvalue weighted by molar-refractivity contribution is 5.94. The predicted octanol–water partition coefficient (Wildman–Crippen LogP) is 1.41. The molecule has 146 valence electrons. The van der Waals surface area contributed by atoms with Crippen LogP contribution >= 0.6 is 0 Å². The molecule has 0 radical (unpaired) electrons. The second-order valence-electron chi connectivity index (χ2n) is 6.62. The smallest absolute Gasteiger partial charge is 0.257 e. The highest BCUT2D eigenvalue weighted by Gasteiger charge is 2.18. The Morgan fingerprint density at radius 2 is 1.61 bits per heavy atom. The number of para-hydroxylation sites is 1. The number of benzene rings is 2. The van der Waals surface area contributed by atoms with Crippen molar-refractivity contribution in [3.05, 3.63) is 65.7 Å². The summed E-state index contributed by atoms with van der Waals surface area (Å²) >= 11 is 0. The molecule has 0 aliphatic carbocycles. The fourth-order valence-electron chi connectivity index (χ4n) is 3.17. The Bertz CT molecular complexity index is 839. The highest BCUT2D eigenvalue weighted by Crippen LogP contribution is 2.26. The molecule has 0 fully saturated rings. The van der Waals surface area contributed by atoms with Crippen molar-refractivity contribution >= 4 is 23.4 Å². The summed E-state index contributed by atoms with van der Waals surface area (Å²) in [6, 6.07) is 16.8. The number of hydrogen-bond acceptors (Lipinski definition) is 4. The van der Waals surface area contributed by atoms with Crippen LogP contribution in [0.2, 0.25) is 0 Å². The first-order chi connectivity index (χ1) is 13.6. The third-order valence-electron chi connectivity index (χ3n) is 4.56. The number of hydrazine groups is 1. The number of rotatable bonds is 6. The van der Waals surface area contributed by atoms with Crippen molar-refractivity contribution < 1.29 is 14.4 Å². The maximum Gasteiger partial charge on any atom is 0.257 e. The molecule has 7 nitrogen and oxygen atoms in total. The zero-order valence-electron chi connectivity index (χ0n) is 15.6. The van der Waals surface area contributed by atoms with Gasteiger partial charge in [0.1, 0.15) is 0 Å². The van der Waals surface area contributed by atoms with Crippen molar-refractivity contribution in [2.45, 2.75) is 19.3 Å². The lowest BCUT2D eigenvalue weighted by Crippen LogP contribution is -2.47. The van der Waals surface area contributed by atoms with E-state index in [9.17, 15) is 14.4 Å². The van der Waals surface area contributed by atoms with Crippen molar-refractivity contribution in [3.63, 3.8) is 0 Å². The third kappa shape index (κ3) is 5.33. The number of hydrogen-bond donors (Lipinski definition) is 3. The quantitative estimate of drug-likeness (QED) is 0.661. The summed E-state index contributed by atoms with van der Waals surface area (Å²) in [7, 11) is 0. The molecule has 1 heterocycles. The molecule has 0 spiro atoms. The Kier molecular flexibility index (Phi) is 6.62. The minimum Gasteiger partial charge on any atom is -0.362 e. The Hall–Kier alpha value is -3.35. The monoisotopic (exact) mass is 380 g/mol. The van der Waals surface area contributed by atoms with Crippen molar-refractivity contribution in [2.24, 2.45) is 0 Å². The standard InChI is InChI=1S/C21H24N4O3/c26-19(12-13-22-21(28)17-8-2-1-3-9-17)23-24-20(27)15-25-14-6-10-16-7-4-5-11-18(16)25/h1-5,7-9,11H,6,10,12-15H2,(H,22,28)(H,23,26)(H,24,27). The summed E-state index contributed by atoms with van der Waals surface area (Å²) in [4.78, 5) is 37.9. The molecular weight excluding hydrogens is 356 g/mol. The minimum atomic E-state index is -0.360. The maximum absolute atomic E-state index is 12.2. The van der Waals surface area contributed by atoms with Crippen molar-refractivity contribution in [3.8, 4) is 0 Å². The average molecular weight is 380 g/mol. The molecule has 0 saturated heterocycles. The lowest BCUT2D eigenvalue weighted by Gasteiger charge is -2.30. The van der Waals surface area contributed by atoms with E-state index in [1.54, 1.807) is 24.3 Å². The van der Waals surface area contributed by atoms with Gasteiger partial charge in [-0.05, 0) is 36.6 Å². The first-order valence-corrected chi connectivity index (χ1v) is 9.37. The molecule has 0 aromatic heterocycles. The summed E-state index contributed by atoms with van der Waals surface area (Å²) in [5.41, 5.74) is 7.67. The van der Waals surface area contributed by atoms with E-state index in [1.807, 2.05) is 29.2 Å². The second-order valence-corrected chi connectivity index (χ2v) is 6.62. The van der Waals surface area contributed by atoms with Gasteiger partial charge in [-0.25, -0.2) is 0 Å². The molecule has 1 aliphatic rings. The zero-order valence-corrected chi connectivity index (χ0v) is 15.6. The van der Waals surface area contributed by atoms with E-state index in [0.29, 0.717) is 5.56 Å². The van der Waals surface area contributed by atoms with Crippen LogP contribution in [0, 0.1) is 0 Å². The number of aryl methyl sites for hydroxylation is 1. The van der Waals surface area contributed by atoms with E-state index < -0.39 is 0 Å². The number of nitrogens with zero attached hydrogens (tertiary/aromatic N) is 1. The Labute approximate surface area is 164 Å². The van der Waals surface area contributed by atoms with Gasteiger partial charge < -0.3 is 10.2 Å². The lowest BCUT2D eigenvalue weighted by molar-refractivity contribution is -0.128. The number of anilines is 1. The first-order valence-electron chi connectivity index (χ1n) is 9.37. The Morgan fingerprint density at radius 1 is 0.893 bits per heavy atom. The van der Waals surface area contributed by atoms with Crippen LogP contribution in [-0.4, -0.2) is 37.4 Å². The van der Waals surface area contributed by atoms with Crippen LogP contribution in [0.25, 0.3) is 0 Å². The van der Waals surface area contributed by atoms with Crippen LogP contribution < -0.4 is 21.1 Å². The van der Waals surface area contributed by atoms with Gasteiger partial charge in [-0.3, -0.25) is 25.2 Å². The number of amides is 3. The number of carbonyl (C=O) groups excluding carboxylic acids is 3. The van der Waals surface area contributed by atoms with Gasteiger partial charge in [0.05, 0.1) is 6.54 Å². The van der Waals surface area contributed by atoms with Crippen LogP contribution in [0.5, 0.6) is 0 Å². The summed E-state index contributed by atoms with van der Waals surface area (Å²) in [6.45, 7) is 1.18. The topological polar surface area (TPSA) is 90.5 Å².